The Balaban J connectivity index is 1.32. The maximum absolute atomic E-state index is 13.8. The topological polar surface area (TPSA) is 50.2 Å². The maximum Gasteiger partial charge on any atom is 0.410 e. The Kier molecular flexibility index (Phi) is 4.87. The molecule has 4 aliphatic rings. The summed E-state index contributed by atoms with van der Waals surface area (Å²) in [5.41, 5.74) is 0.381. The largest absolute Gasteiger partial charge is 0.410 e. The van der Waals surface area contributed by atoms with Gasteiger partial charge >= 0.3 is 6.18 Å². The first kappa shape index (κ1) is 21.1. The molecule has 2 aliphatic heterocycles. The fraction of sp³-hybridized carbons (Fsp3) is 0.826. The summed E-state index contributed by atoms with van der Waals surface area (Å²) in [6.07, 6.45) is 1.21. The molecule has 0 bridgehead atoms. The minimum atomic E-state index is -4.34. The van der Waals surface area contributed by atoms with Gasteiger partial charge in [-0.25, -0.2) is 4.68 Å². The number of alkyl halides is 3. The van der Waals surface area contributed by atoms with Crippen LogP contribution in [-0.4, -0.2) is 45.9 Å². The van der Waals surface area contributed by atoms with Gasteiger partial charge in [0.25, 0.3) is 0 Å². The third kappa shape index (κ3) is 3.74. The van der Waals surface area contributed by atoms with Gasteiger partial charge in [-0.3, -0.25) is 4.79 Å². The number of halogens is 3. The minimum absolute atomic E-state index is 0.00611. The summed E-state index contributed by atoms with van der Waals surface area (Å²) < 4.78 is 42.6. The number of hydrogen-bond donors (Lipinski definition) is 1. The predicted octanol–water partition coefficient (Wildman–Crippen LogP) is 4.97. The Morgan fingerprint density at radius 1 is 1.13 bits per heavy atom. The average Bonchev–Trinajstić information content (AvgIpc) is 3.02. The van der Waals surface area contributed by atoms with Crippen molar-refractivity contribution >= 4 is 11.7 Å². The number of likely N-dealkylation sites (tertiary alicyclic amines) is 1. The molecule has 3 fully saturated rings. The molecule has 2 saturated carbocycles. The third-order valence-corrected chi connectivity index (χ3v) is 8.11. The summed E-state index contributed by atoms with van der Waals surface area (Å²) in [6.45, 7) is 7.13. The van der Waals surface area contributed by atoms with E-state index in [0.29, 0.717) is 36.4 Å². The highest BCUT2D eigenvalue weighted by molar-refractivity contribution is 5.82. The van der Waals surface area contributed by atoms with Crippen molar-refractivity contribution in [3.8, 4) is 0 Å². The van der Waals surface area contributed by atoms with E-state index in [1.165, 1.54) is 25.7 Å². The number of rotatable bonds is 2. The minimum Gasteiger partial charge on any atom is -0.367 e. The van der Waals surface area contributed by atoms with Gasteiger partial charge in [-0.05, 0) is 42.9 Å². The van der Waals surface area contributed by atoms with Crippen LogP contribution < -0.4 is 5.32 Å². The number of amides is 1. The molecular formula is C23H33F3N4O. The molecule has 31 heavy (non-hydrogen) atoms. The van der Waals surface area contributed by atoms with Crippen molar-refractivity contribution in [2.45, 2.75) is 83.5 Å². The van der Waals surface area contributed by atoms with E-state index in [2.05, 4.69) is 10.4 Å². The van der Waals surface area contributed by atoms with Gasteiger partial charge in [0.15, 0.2) is 6.04 Å². The molecule has 0 aromatic carbocycles. The molecule has 1 aromatic heterocycles. The number of nitrogens with one attached hydrogen (secondary N) is 1. The first-order chi connectivity index (χ1) is 14.5. The number of carbonyl (C=O) groups excluding carboxylic acids is 1. The number of anilines is 1. The highest BCUT2D eigenvalue weighted by Gasteiger charge is 2.56. The quantitative estimate of drug-likeness (QED) is 0.709. The number of aromatic nitrogens is 2. The fourth-order valence-corrected chi connectivity index (χ4v) is 6.13. The van der Waals surface area contributed by atoms with Crippen molar-refractivity contribution in [2.24, 2.45) is 23.2 Å². The lowest BCUT2D eigenvalue weighted by Gasteiger charge is -2.39. The zero-order valence-corrected chi connectivity index (χ0v) is 18.6. The number of carbonyl (C=O) groups is 1. The van der Waals surface area contributed by atoms with Crippen LogP contribution in [0.3, 0.4) is 0 Å². The van der Waals surface area contributed by atoms with Gasteiger partial charge in [-0.1, -0.05) is 33.6 Å². The van der Waals surface area contributed by atoms with Gasteiger partial charge in [0.05, 0.1) is 5.69 Å². The van der Waals surface area contributed by atoms with E-state index < -0.39 is 12.2 Å². The second-order valence-corrected chi connectivity index (χ2v) is 11.2. The summed E-state index contributed by atoms with van der Waals surface area (Å²) >= 11 is 0. The monoisotopic (exact) mass is 438 g/mol. The van der Waals surface area contributed by atoms with E-state index in [4.69, 9.17) is 0 Å². The van der Waals surface area contributed by atoms with E-state index in [9.17, 15) is 18.0 Å². The van der Waals surface area contributed by atoms with Crippen LogP contribution in [0.5, 0.6) is 0 Å². The predicted molar refractivity (Wildman–Crippen MR) is 112 cm³/mol. The molecule has 3 heterocycles. The molecule has 5 rings (SSSR count). The molecule has 5 atom stereocenters. The lowest BCUT2D eigenvalue weighted by molar-refractivity contribution is -0.175. The second-order valence-electron chi connectivity index (χ2n) is 11.2. The molecule has 0 unspecified atom stereocenters. The molecule has 0 radical (unpaired) electrons. The van der Waals surface area contributed by atoms with Crippen LogP contribution in [0.4, 0.5) is 19.0 Å². The molecule has 1 amide bonds. The van der Waals surface area contributed by atoms with E-state index in [-0.39, 0.29) is 35.6 Å². The van der Waals surface area contributed by atoms with Crippen LogP contribution in [0.15, 0.2) is 6.07 Å². The van der Waals surface area contributed by atoms with Crippen molar-refractivity contribution < 1.29 is 18.0 Å². The van der Waals surface area contributed by atoms with Crippen molar-refractivity contribution in [3.05, 3.63) is 11.8 Å². The standard InChI is InChI=1S/C23H33F3N4O/c1-22(2,3)17-11-18(23(24,25)26)30-19(27-17)10-16(28-30)13-8-9-29(12-13)21(31)20-14-6-4-5-7-15(14)20/h10,13-15,17-18,20,27H,4-9,11-12H2,1-3H3/t13-,14-,15-,17+,18-/m1/s1. The first-order valence-corrected chi connectivity index (χ1v) is 11.8. The molecule has 1 saturated heterocycles. The Hall–Kier alpha value is -1.73. The van der Waals surface area contributed by atoms with E-state index in [1.54, 1.807) is 6.07 Å². The molecule has 1 aromatic rings. The molecule has 0 spiro atoms. The third-order valence-electron chi connectivity index (χ3n) is 8.11. The van der Waals surface area contributed by atoms with E-state index in [0.717, 1.165) is 11.1 Å². The Bertz CT molecular complexity index is 846. The van der Waals surface area contributed by atoms with Crippen molar-refractivity contribution in [3.63, 3.8) is 0 Å². The van der Waals surface area contributed by atoms with Crippen LogP contribution >= 0.6 is 0 Å². The fourth-order valence-electron chi connectivity index (χ4n) is 6.13. The van der Waals surface area contributed by atoms with Crippen LogP contribution in [0.25, 0.3) is 0 Å². The summed E-state index contributed by atoms with van der Waals surface area (Å²) in [5, 5.41) is 7.72. The van der Waals surface area contributed by atoms with Gasteiger partial charge in [-0.2, -0.15) is 18.3 Å². The van der Waals surface area contributed by atoms with E-state index in [1.807, 2.05) is 25.7 Å². The Morgan fingerprint density at radius 3 is 2.42 bits per heavy atom. The molecule has 8 heteroatoms. The molecule has 5 nitrogen and oxygen atoms in total. The van der Waals surface area contributed by atoms with Crippen molar-refractivity contribution in [2.75, 3.05) is 18.4 Å². The van der Waals surface area contributed by atoms with Crippen LogP contribution in [0.2, 0.25) is 0 Å². The van der Waals surface area contributed by atoms with Crippen LogP contribution in [0.1, 0.15) is 76.9 Å². The Labute approximate surface area is 181 Å². The lowest BCUT2D eigenvalue weighted by Crippen LogP contribution is -2.44. The van der Waals surface area contributed by atoms with Crippen molar-refractivity contribution in [1.29, 1.82) is 0 Å². The highest BCUT2D eigenvalue weighted by atomic mass is 19.4. The second kappa shape index (κ2) is 7.14. The Morgan fingerprint density at radius 2 is 1.81 bits per heavy atom. The summed E-state index contributed by atoms with van der Waals surface area (Å²) in [7, 11) is 0. The van der Waals surface area contributed by atoms with Crippen molar-refractivity contribution in [1.82, 2.24) is 14.7 Å². The van der Waals surface area contributed by atoms with Gasteiger partial charge in [-0.15, -0.1) is 0 Å². The smallest absolute Gasteiger partial charge is 0.367 e. The van der Waals surface area contributed by atoms with Crippen LogP contribution in [0, 0.1) is 23.2 Å². The average molecular weight is 439 g/mol. The number of fused-ring (bicyclic) bond motifs is 2. The van der Waals surface area contributed by atoms with Gasteiger partial charge in [0.1, 0.15) is 5.82 Å². The summed E-state index contributed by atoms with van der Waals surface area (Å²) in [5.74, 6) is 2.06. The zero-order chi connectivity index (χ0) is 22.1. The van der Waals surface area contributed by atoms with Gasteiger partial charge in [0.2, 0.25) is 5.91 Å². The maximum atomic E-state index is 13.8. The molecule has 1 N–H and O–H groups in total. The number of nitrogens with zero attached hydrogens (tertiary/aromatic N) is 3. The number of hydrogen-bond acceptors (Lipinski definition) is 3. The van der Waals surface area contributed by atoms with Gasteiger partial charge in [0, 0.05) is 37.0 Å². The van der Waals surface area contributed by atoms with E-state index >= 15 is 0 Å². The first-order valence-electron chi connectivity index (χ1n) is 11.8. The summed E-state index contributed by atoms with van der Waals surface area (Å²) in [4.78, 5) is 15.0. The molecular weight excluding hydrogens is 405 g/mol. The lowest BCUT2D eigenvalue weighted by atomic mass is 9.82. The molecule has 172 valence electrons. The van der Waals surface area contributed by atoms with Crippen LogP contribution in [-0.2, 0) is 4.79 Å². The summed E-state index contributed by atoms with van der Waals surface area (Å²) in [6, 6.07) is -0.113. The molecule has 2 aliphatic carbocycles. The highest BCUT2D eigenvalue weighted by Crippen LogP contribution is 2.56. The van der Waals surface area contributed by atoms with Gasteiger partial charge < -0.3 is 10.2 Å². The SMILES string of the molecule is CC(C)(C)[C@@H]1C[C@H](C(F)(F)F)n2nc([C@@H]3CCN(C(=O)C4[C@@H]5CCCC[C@@H]45)C3)cc2N1. The zero-order valence-electron chi connectivity index (χ0n) is 18.6. The normalized spacial score (nSPS) is 35.4.